The lowest BCUT2D eigenvalue weighted by atomic mass is 10.1. The van der Waals surface area contributed by atoms with Crippen LogP contribution in [0.15, 0.2) is 52.7 Å². The van der Waals surface area contributed by atoms with Crippen molar-refractivity contribution in [1.29, 1.82) is 5.26 Å². The van der Waals surface area contributed by atoms with E-state index < -0.39 is 11.7 Å². The molecular formula is C24H22ClF3N6. The Morgan fingerprint density at radius 2 is 1.85 bits per heavy atom. The number of nitriles is 1. The maximum absolute atomic E-state index is 13.1. The van der Waals surface area contributed by atoms with Crippen molar-refractivity contribution in [3.63, 3.8) is 0 Å². The highest BCUT2D eigenvalue weighted by Crippen LogP contribution is 2.38. The first-order valence-electron chi connectivity index (χ1n) is 10.5. The summed E-state index contributed by atoms with van der Waals surface area (Å²) in [5.41, 5.74) is 7.40. The molecule has 3 aromatic rings. The minimum absolute atomic E-state index is 0.00174. The Hall–Kier alpha value is -3.64. The zero-order valence-corrected chi connectivity index (χ0v) is 19.3. The van der Waals surface area contributed by atoms with Crippen LogP contribution in [0.3, 0.4) is 0 Å². The number of nitrogens with two attached hydrogens (primary N) is 1. The Morgan fingerprint density at radius 1 is 1.15 bits per heavy atom. The number of nitrogens with zero attached hydrogens (tertiary/aromatic N) is 4. The highest BCUT2D eigenvalue weighted by Gasteiger charge is 2.31. The average molecular weight is 487 g/mol. The van der Waals surface area contributed by atoms with Crippen LogP contribution >= 0.6 is 11.6 Å². The third-order valence-corrected chi connectivity index (χ3v) is 5.44. The molecule has 34 heavy (non-hydrogen) atoms. The second-order valence-electron chi connectivity index (χ2n) is 7.60. The lowest BCUT2D eigenvalue weighted by Gasteiger charge is -2.13. The zero-order chi connectivity index (χ0) is 24.9. The van der Waals surface area contributed by atoms with Gasteiger partial charge >= 0.3 is 6.18 Å². The highest BCUT2D eigenvalue weighted by atomic mass is 35.5. The Bertz CT molecular complexity index is 1250. The monoisotopic (exact) mass is 486 g/mol. The summed E-state index contributed by atoms with van der Waals surface area (Å²) in [6, 6.07) is 12.5. The molecule has 1 aromatic heterocycles. The van der Waals surface area contributed by atoms with E-state index in [-0.39, 0.29) is 33.6 Å². The first-order chi connectivity index (χ1) is 16.1. The van der Waals surface area contributed by atoms with Crippen LogP contribution in [0, 0.1) is 18.3 Å². The Kier molecular flexibility index (Phi) is 7.74. The SMILES string of the molecule is CCCCc1ccc(Nc2nc(N)c(C#N)c(C)c2N=Nc2cc(C(F)(F)F)ccc2Cl)cc1. The maximum atomic E-state index is 13.1. The molecule has 3 rings (SSSR count). The van der Waals surface area contributed by atoms with Crippen molar-refractivity contribution in [2.24, 2.45) is 10.2 Å². The number of anilines is 3. The van der Waals surface area contributed by atoms with Gasteiger partial charge in [0.15, 0.2) is 5.82 Å². The molecule has 0 aliphatic heterocycles. The van der Waals surface area contributed by atoms with E-state index in [1.54, 1.807) is 6.92 Å². The normalized spacial score (nSPS) is 11.6. The minimum Gasteiger partial charge on any atom is -0.383 e. The molecule has 0 spiro atoms. The highest BCUT2D eigenvalue weighted by molar-refractivity contribution is 6.33. The number of alkyl halides is 3. The van der Waals surface area contributed by atoms with E-state index in [2.05, 4.69) is 27.5 Å². The summed E-state index contributed by atoms with van der Waals surface area (Å²) in [4.78, 5) is 4.24. The van der Waals surface area contributed by atoms with Gasteiger partial charge in [-0.3, -0.25) is 0 Å². The molecule has 0 fully saturated rings. The van der Waals surface area contributed by atoms with Gasteiger partial charge in [-0.15, -0.1) is 10.2 Å². The van der Waals surface area contributed by atoms with Gasteiger partial charge in [-0.25, -0.2) is 4.98 Å². The standard InChI is InChI=1S/C24H22ClF3N6/c1-3-4-5-15-6-9-17(10-7-15)31-23-21(14(2)18(13-29)22(30)32-23)34-33-20-12-16(24(26,27)28)8-11-19(20)25/h6-12H,3-5H2,1-2H3,(H3,30,31,32). The van der Waals surface area contributed by atoms with Gasteiger partial charge in [-0.05, 0) is 55.7 Å². The molecular weight excluding hydrogens is 465 g/mol. The number of rotatable bonds is 7. The molecule has 0 saturated carbocycles. The van der Waals surface area contributed by atoms with E-state index in [1.807, 2.05) is 30.3 Å². The predicted molar refractivity (Wildman–Crippen MR) is 127 cm³/mol. The predicted octanol–water partition coefficient (Wildman–Crippen LogP) is 8.02. The smallest absolute Gasteiger partial charge is 0.383 e. The van der Waals surface area contributed by atoms with Crippen LogP contribution < -0.4 is 11.1 Å². The topological polar surface area (TPSA) is 99.4 Å². The summed E-state index contributed by atoms with van der Waals surface area (Å²) in [7, 11) is 0. The van der Waals surface area contributed by atoms with Gasteiger partial charge in [0.2, 0.25) is 0 Å². The number of azo groups is 1. The molecule has 2 aromatic carbocycles. The number of unbranched alkanes of at least 4 members (excludes halogenated alkanes) is 1. The van der Waals surface area contributed by atoms with Gasteiger partial charge in [0.1, 0.15) is 23.3 Å². The van der Waals surface area contributed by atoms with Gasteiger partial charge in [0.05, 0.1) is 16.1 Å². The van der Waals surface area contributed by atoms with Crippen molar-refractivity contribution < 1.29 is 13.2 Å². The van der Waals surface area contributed by atoms with Gasteiger partial charge in [0, 0.05) is 11.3 Å². The largest absolute Gasteiger partial charge is 0.416 e. The Labute approximate surface area is 200 Å². The molecule has 176 valence electrons. The number of nitrogens with one attached hydrogen (secondary N) is 1. The van der Waals surface area contributed by atoms with Crippen LogP contribution in [0.2, 0.25) is 5.02 Å². The number of aryl methyl sites for hydroxylation is 1. The number of hydrogen-bond donors (Lipinski definition) is 2. The molecule has 0 aliphatic rings. The van der Waals surface area contributed by atoms with E-state index in [0.29, 0.717) is 11.3 Å². The minimum atomic E-state index is -4.56. The van der Waals surface area contributed by atoms with E-state index >= 15 is 0 Å². The number of benzene rings is 2. The van der Waals surface area contributed by atoms with Gasteiger partial charge < -0.3 is 11.1 Å². The molecule has 6 nitrogen and oxygen atoms in total. The summed E-state index contributed by atoms with van der Waals surface area (Å²) in [5, 5.41) is 20.6. The van der Waals surface area contributed by atoms with E-state index in [4.69, 9.17) is 17.3 Å². The fourth-order valence-electron chi connectivity index (χ4n) is 3.21. The quantitative estimate of drug-likeness (QED) is 0.330. The fourth-order valence-corrected chi connectivity index (χ4v) is 3.37. The molecule has 0 amide bonds. The van der Waals surface area contributed by atoms with Crippen molar-refractivity contribution in [1.82, 2.24) is 4.98 Å². The van der Waals surface area contributed by atoms with Crippen LogP contribution in [0.5, 0.6) is 0 Å². The Balaban J connectivity index is 2.01. The summed E-state index contributed by atoms with van der Waals surface area (Å²) in [5.74, 6) is 0.209. The van der Waals surface area contributed by atoms with Crippen molar-refractivity contribution >= 4 is 40.3 Å². The van der Waals surface area contributed by atoms with Gasteiger partial charge in [-0.2, -0.15) is 18.4 Å². The molecule has 1 heterocycles. The third-order valence-electron chi connectivity index (χ3n) is 5.12. The second-order valence-corrected chi connectivity index (χ2v) is 8.00. The average Bonchev–Trinajstić information content (AvgIpc) is 2.78. The van der Waals surface area contributed by atoms with Crippen LogP contribution in [0.25, 0.3) is 0 Å². The van der Waals surface area contributed by atoms with Crippen LogP contribution in [-0.2, 0) is 12.6 Å². The van der Waals surface area contributed by atoms with Crippen LogP contribution in [0.1, 0.15) is 42.0 Å². The van der Waals surface area contributed by atoms with E-state index in [0.717, 1.165) is 37.5 Å². The number of halogens is 4. The van der Waals surface area contributed by atoms with E-state index in [1.165, 1.54) is 5.56 Å². The number of nitrogen functional groups attached to an aromatic ring is 1. The number of aromatic nitrogens is 1. The van der Waals surface area contributed by atoms with Crippen molar-refractivity contribution in [2.75, 3.05) is 11.1 Å². The number of pyridine rings is 1. The van der Waals surface area contributed by atoms with E-state index in [9.17, 15) is 18.4 Å². The fraction of sp³-hybridized carbons (Fsp3) is 0.250. The molecule has 0 radical (unpaired) electrons. The summed E-state index contributed by atoms with van der Waals surface area (Å²) in [6.07, 6.45) is -1.41. The van der Waals surface area contributed by atoms with Crippen LogP contribution in [-0.4, -0.2) is 4.98 Å². The molecule has 0 atom stereocenters. The van der Waals surface area contributed by atoms with Crippen molar-refractivity contribution in [3.8, 4) is 6.07 Å². The van der Waals surface area contributed by atoms with Crippen molar-refractivity contribution in [3.05, 3.63) is 69.7 Å². The number of hydrogen-bond acceptors (Lipinski definition) is 6. The molecule has 10 heteroatoms. The van der Waals surface area contributed by atoms with Gasteiger partial charge in [0.25, 0.3) is 0 Å². The first-order valence-corrected chi connectivity index (χ1v) is 10.9. The maximum Gasteiger partial charge on any atom is 0.416 e. The van der Waals surface area contributed by atoms with Crippen molar-refractivity contribution in [2.45, 2.75) is 39.3 Å². The first kappa shape index (κ1) is 25.0. The zero-order valence-electron chi connectivity index (χ0n) is 18.5. The molecule has 3 N–H and O–H groups in total. The summed E-state index contributed by atoms with van der Waals surface area (Å²) in [6.45, 7) is 3.74. The summed E-state index contributed by atoms with van der Waals surface area (Å²) >= 11 is 6.03. The Morgan fingerprint density at radius 3 is 2.47 bits per heavy atom. The molecule has 0 saturated heterocycles. The third kappa shape index (κ3) is 5.83. The summed E-state index contributed by atoms with van der Waals surface area (Å²) < 4.78 is 39.3. The lowest BCUT2D eigenvalue weighted by molar-refractivity contribution is -0.137. The molecule has 0 aliphatic carbocycles. The molecule has 0 bridgehead atoms. The van der Waals surface area contributed by atoms with Gasteiger partial charge in [-0.1, -0.05) is 37.1 Å². The second kappa shape index (κ2) is 10.5. The lowest BCUT2D eigenvalue weighted by Crippen LogP contribution is -2.04. The molecule has 0 unspecified atom stereocenters. The van der Waals surface area contributed by atoms with Crippen LogP contribution in [0.4, 0.5) is 41.9 Å².